The molecule has 0 radical (unpaired) electrons. The van der Waals surface area contributed by atoms with Crippen LogP contribution in [-0.4, -0.2) is 28.7 Å². The zero-order valence-electron chi connectivity index (χ0n) is 17.1. The summed E-state index contributed by atoms with van der Waals surface area (Å²) >= 11 is 6.08. The van der Waals surface area contributed by atoms with E-state index in [2.05, 4.69) is 22.1 Å². The number of carbonyl (C=O) groups is 2. The Morgan fingerprint density at radius 3 is 2.60 bits per heavy atom. The Bertz CT molecular complexity index is 946. The van der Waals surface area contributed by atoms with Crippen molar-refractivity contribution < 1.29 is 19.1 Å². The third-order valence-electron chi connectivity index (χ3n) is 3.60. The van der Waals surface area contributed by atoms with Crippen molar-refractivity contribution in [2.45, 2.75) is 45.4 Å². The van der Waals surface area contributed by atoms with Gasteiger partial charge in [-0.3, -0.25) is 0 Å². The maximum Gasteiger partial charge on any atom is 0.408 e. The Morgan fingerprint density at radius 2 is 1.97 bits per heavy atom. The van der Waals surface area contributed by atoms with Gasteiger partial charge in [-0.15, -0.1) is 0 Å². The molecule has 0 saturated carbocycles. The zero-order valence-corrected chi connectivity index (χ0v) is 17.8. The first-order valence-corrected chi connectivity index (χ1v) is 9.62. The number of alkyl carbamates (subject to hydrolysis) is 1. The van der Waals surface area contributed by atoms with Gasteiger partial charge in [0.1, 0.15) is 24.1 Å². The minimum Gasteiger partial charge on any atom is -0.459 e. The molecule has 0 aliphatic heterocycles. The van der Waals surface area contributed by atoms with Crippen LogP contribution in [0.2, 0.25) is 5.02 Å². The number of hydrogen-bond acceptors (Lipinski definition) is 6. The molecule has 0 bridgehead atoms. The molecule has 1 atom stereocenters. The van der Waals surface area contributed by atoms with Gasteiger partial charge >= 0.3 is 12.1 Å². The summed E-state index contributed by atoms with van der Waals surface area (Å²) in [7, 11) is 0. The highest BCUT2D eigenvalue weighted by molar-refractivity contribution is 6.31. The number of carbonyl (C=O) groups excluding carboxylic acids is 2. The molecule has 158 valence electrons. The maximum absolute atomic E-state index is 12.6. The van der Waals surface area contributed by atoms with Crippen molar-refractivity contribution in [1.29, 1.82) is 0 Å². The Kier molecular flexibility index (Phi) is 8.07. The van der Waals surface area contributed by atoms with Crippen LogP contribution in [0, 0.1) is 11.8 Å². The Morgan fingerprint density at radius 1 is 1.27 bits per heavy atom. The molecule has 1 aromatic carbocycles. The average molecular weight is 430 g/mol. The van der Waals surface area contributed by atoms with Crippen LogP contribution in [0.4, 0.5) is 10.6 Å². The molecule has 30 heavy (non-hydrogen) atoms. The number of pyridine rings is 1. The zero-order chi connectivity index (χ0) is 22.1. The molecule has 1 amide bonds. The van der Waals surface area contributed by atoms with Crippen molar-refractivity contribution in [1.82, 2.24) is 10.3 Å². The fourth-order valence-corrected chi connectivity index (χ4v) is 2.47. The summed E-state index contributed by atoms with van der Waals surface area (Å²) in [5.74, 6) is 5.30. The third kappa shape index (κ3) is 8.02. The van der Waals surface area contributed by atoms with Gasteiger partial charge in [0.15, 0.2) is 0 Å². The number of nitrogens with zero attached hydrogens (tertiary/aromatic N) is 1. The first-order valence-electron chi connectivity index (χ1n) is 9.24. The second-order valence-corrected chi connectivity index (χ2v) is 7.79. The molecule has 1 unspecified atom stereocenters. The van der Waals surface area contributed by atoms with Gasteiger partial charge in [-0.25, -0.2) is 14.6 Å². The van der Waals surface area contributed by atoms with E-state index in [9.17, 15) is 9.59 Å². The van der Waals surface area contributed by atoms with Gasteiger partial charge in [-0.1, -0.05) is 53.8 Å². The second kappa shape index (κ2) is 10.5. The number of ether oxygens (including phenoxy) is 2. The highest BCUT2D eigenvalue weighted by atomic mass is 35.5. The smallest absolute Gasteiger partial charge is 0.408 e. The lowest BCUT2D eigenvalue weighted by Gasteiger charge is -2.22. The molecule has 0 aliphatic rings. The molecule has 2 rings (SSSR count). The van der Waals surface area contributed by atoms with Gasteiger partial charge < -0.3 is 20.5 Å². The minimum atomic E-state index is -1.02. The van der Waals surface area contributed by atoms with Gasteiger partial charge in [-0.2, -0.15) is 0 Å². The van der Waals surface area contributed by atoms with Crippen LogP contribution in [0.25, 0.3) is 0 Å². The Labute approximate surface area is 180 Å². The third-order valence-corrected chi connectivity index (χ3v) is 3.92. The van der Waals surface area contributed by atoms with Gasteiger partial charge in [0.05, 0.1) is 10.6 Å². The van der Waals surface area contributed by atoms with Crippen LogP contribution in [-0.2, 0) is 20.9 Å². The van der Waals surface area contributed by atoms with E-state index < -0.39 is 23.7 Å². The van der Waals surface area contributed by atoms with E-state index in [4.69, 9.17) is 26.8 Å². The van der Waals surface area contributed by atoms with E-state index in [1.54, 1.807) is 20.8 Å². The molecule has 0 fully saturated rings. The average Bonchev–Trinajstić information content (AvgIpc) is 2.66. The summed E-state index contributed by atoms with van der Waals surface area (Å²) in [6, 6.07) is 9.68. The summed E-state index contributed by atoms with van der Waals surface area (Å²) in [6.45, 7) is 5.26. The second-order valence-electron chi connectivity index (χ2n) is 7.39. The number of rotatable bonds is 5. The fourth-order valence-electron chi connectivity index (χ4n) is 2.26. The van der Waals surface area contributed by atoms with Crippen molar-refractivity contribution in [2.75, 3.05) is 5.73 Å². The molecule has 7 nitrogen and oxygen atoms in total. The first kappa shape index (κ1) is 23.0. The van der Waals surface area contributed by atoms with E-state index in [-0.39, 0.29) is 18.8 Å². The summed E-state index contributed by atoms with van der Waals surface area (Å²) in [5.41, 5.74) is 6.14. The van der Waals surface area contributed by atoms with Crippen LogP contribution in [0.15, 0.2) is 42.6 Å². The van der Waals surface area contributed by atoms with E-state index in [1.807, 2.05) is 30.3 Å². The lowest BCUT2D eigenvalue weighted by Crippen LogP contribution is -2.44. The number of nitrogens with one attached hydrogen (secondary N) is 1. The number of benzene rings is 1. The number of anilines is 1. The first-order chi connectivity index (χ1) is 14.1. The molecule has 8 heteroatoms. The van der Waals surface area contributed by atoms with Gasteiger partial charge in [0.25, 0.3) is 0 Å². The van der Waals surface area contributed by atoms with E-state index >= 15 is 0 Å². The number of amides is 1. The number of aromatic nitrogens is 1. The predicted molar refractivity (Wildman–Crippen MR) is 115 cm³/mol. The molecule has 0 aliphatic carbocycles. The SMILES string of the molecule is CC(C)(C)OC(=O)NC(CC#Cc1cnc(N)cc1Cl)C(=O)OCc1ccccc1. The number of esters is 1. The van der Waals surface area contributed by atoms with Crippen molar-refractivity contribution in [3.05, 3.63) is 58.7 Å². The standard InChI is InChI=1S/C22H24ClN3O4/c1-22(2,3)30-21(28)26-18(20(27)29-14-15-8-5-4-6-9-15)11-7-10-16-13-25-19(24)12-17(16)23/h4-6,8-9,12-13,18H,11,14H2,1-3H3,(H2,24,25)(H,26,28). The van der Waals surface area contributed by atoms with Crippen LogP contribution < -0.4 is 11.1 Å². The van der Waals surface area contributed by atoms with Crippen LogP contribution in [0.3, 0.4) is 0 Å². The van der Waals surface area contributed by atoms with Crippen molar-refractivity contribution in [2.24, 2.45) is 0 Å². The Balaban J connectivity index is 2.09. The fraction of sp³-hybridized carbons (Fsp3) is 0.318. The Hall–Kier alpha value is -3.24. The molecule has 0 saturated heterocycles. The lowest BCUT2D eigenvalue weighted by molar-refractivity contribution is -0.147. The van der Waals surface area contributed by atoms with Crippen LogP contribution >= 0.6 is 11.6 Å². The molecule has 2 aromatic rings. The monoisotopic (exact) mass is 429 g/mol. The summed E-state index contributed by atoms with van der Waals surface area (Å²) in [5, 5.41) is 2.86. The number of hydrogen-bond donors (Lipinski definition) is 2. The van der Waals surface area contributed by atoms with Crippen molar-refractivity contribution in [3.63, 3.8) is 0 Å². The van der Waals surface area contributed by atoms with E-state index in [1.165, 1.54) is 12.3 Å². The van der Waals surface area contributed by atoms with Gasteiger partial charge in [0.2, 0.25) is 0 Å². The largest absolute Gasteiger partial charge is 0.459 e. The highest BCUT2D eigenvalue weighted by Gasteiger charge is 2.25. The number of halogens is 1. The topological polar surface area (TPSA) is 104 Å². The molecule has 1 aromatic heterocycles. The quantitative estimate of drug-likeness (QED) is 0.554. The van der Waals surface area contributed by atoms with E-state index in [0.717, 1.165) is 5.56 Å². The van der Waals surface area contributed by atoms with Gasteiger partial charge in [0, 0.05) is 18.7 Å². The molecular weight excluding hydrogens is 406 g/mol. The maximum atomic E-state index is 12.6. The highest BCUT2D eigenvalue weighted by Crippen LogP contribution is 2.16. The molecule has 0 spiro atoms. The van der Waals surface area contributed by atoms with Crippen molar-refractivity contribution in [3.8, 4) is 11.8 Å². The van der Waals surface area contributed by atoms with Crippen LogP contribution in [0.5, 0.6) is 0 Å². The summed E-state index contributed by atoms with van der Waals surface area (Å²) < 4.78 is 10.6. The normalized spacial score (nSPS) is 11.6. The molecule has 1 heterocycles. The lowest BCUT2D eigenvalue weighted by atomic mass is 10.2. The number of nitrogens with two attached hydrogens (primary N) is 1. The number of nitrogen functional groups attached to an aromatic ring is 1. The predicted octanol–water partition coefficient (Wildman–Crippen LogP) is 3.70. The van der Waals surface area contributed by atoms with Gasteiger partial charge in [-0.05, 0) is 26.3 Å². The van der Waals surface area contributed by atoms with Crippen molar-refractivity contribution >= 4 is 29.5 Å². The van der Waals surface area contributed by atoms with Crippen LogP contribution in [0.1, 0.15) is 38.3 Å². The molecule has 3 N–H and O–H groups in total. The van der Waals surface area contributed by atoms with E-state index in [0.29, 0.717) is 10.6 Å². The molecular formula is C22H24ClN3O4. The summed E-state index contributed by atoms with van der Waals surface area (Å²) in [4.78, 5) is 28.6. The summed E-state index contributed by atoms with van der Waals surface area (Å²) in [6.07, 6.45) is 0.695. The minimum absolute atomic E-state index is 0.00638.